The predicted octanol–water partition coefficient (Wildman–Crippen LogP) is 6.70. The van der Waals surface area contributed by atoms with Crippen molar-refractivity contribution in [1.82, 2.24) is 14.8 Å². The first-order valence-corrected chi connectivity index (χ1v) is 15.0. The molecule has 2 aliphatic carbocycles. The van der Waals surface area contributed by atoms with Crippen LogP contribution in [0.15, 0.2) is 48.9 Å². The van der Waals surface area contributed by atoms with Gasteiger partial charge in [0.15, 0.2) is 0 Å². The van der Waals surface area contributed by atoms with Crippen molar-refractivity contribution in [1.29, 1.82) is 0 Å². The maximum atomic E-state index is 14.0. The second-order valence-corrected chi connectivity index (χ2v) is 12.1. The summed E-state index contributed by atoms with van der Waals surface area (Å²) in [6.07, 6.45) is 12.7. The maximum Gasteiger partial charge on any atom is 0.231 e. The highest BCUT2D eigenvalue weighted by atomic mass is 16.5. The quantitative estimate of drug-likeness (QED) is 0.341. The van der Waals surface area contributed by atoms with E-state index in [1.165, 1.54) is 11.1 Å². The van der Waals surface area contributed by atoms with Crippen LogP contribution < -0.4 is 9.64 Å². The standard InChI is InChI=1S/C33H44N4O3/c1-22(2)37-21-29(19-35-37)28-15-16-34-32(18-28)36(33(39)26-9-12-30(38)13-10-26)20-24-5-7-25(8-6-24)27-11-14-31(40-4)23(3)17-27/h11,14-19,21-22,24-26,30,38H,5-10,12-13,20H2,1-4H3. The molecule has 0 aliphatic heterocycles. The van der Waals surface area contributed by atoms with Gasteiger partial charge in [-0.3, -0.25) is 14.4 Å². The molecule has 3 aromatic rings. The zero-order valence-corrected chi connectivity index (χ0v) is 24.4. The number of aliphatic hydroxyl groups excluding tert-OH is 1. The summed E-state index contributed by atoms with van der Waals surface area (Å²) in [5.74, 6) is 2.73. The third kappa shape index (κ3) is 6.41. The zero-order chi connectivity index (χ0) is 28.2. The van der Waals surface area contributed by atoms with Gasteiger partial charge in [0.2, 0.25) is 5.91 Å². The molecule has 2 fully saturated rings. The Kier molecular flexibility index (Phi) is 8.89. The van der Waals surface area contributed by atoms with Crippen LogP contribution in [0.1, 0.15) is 88.3 Å². The number of carbonyl (C=O) groups is 1. The SMILES string of the molecule is COc1ccc(C2CCC(CN(C(=O)C3CCC(O)CC3)c3cc(-c4cnn(C(C)C)c4)ccn3)CC2)cc1C. The van der Waals surface area contributed by atoms with E-state index in [2.05, 4.69) is 50.3 Å². The number of aryl methyl sites for hydroxylation is 1. The number of nitrogens with zero attached hydrogens (tertiary/aromatic N) is 4. The van der Waals surface area contributed by atoms with E-state index in [1.54, 1.807) is 7.11 Å². The van der Waals surface area contributed by atoms with Crippen molar-refractivity contribution >= 4 is 11.7 Å². The lowest BCUT2D eigenvalue weighted by Gasteiger charge is -2.35. The van der Waals surface area contributed by atoms with E-state index in [-0.39, 0.29) is 24.0 Å². The number of methoxy groups -OCH3 is 1. The van der Waals surface area contributed by atoms with Gasteiger partial charge in [0, 0.05) is 36.5 Å². The number of hydrogen-bond donors (Lipinski definition) is 1. The van der Waals surface area contributed by atoms with Crippen LogP contribution >= 0.6 is 0 Å². The van der Waals surface area contributed by atoms with Gasteiger partial charge in [-0.1, -0.05) is 12.1 Å². The number of ether oxygens (including phenoxy) is 1. The average Bonchev–Trinajstić information content (AvgIpc) is 3.47. The number of carbonyl (C=O) groups excluding carboxylic acids is 1. The van der Waals surface area contributed by atoms with E-state index in [9.17, 15) is 9.90 Å². The van der Waals surface area contributed by atoms with Crippen LogP contribution in [-0.2, 0) is 4.79 Å². The maximum absolute atomic E-state index is 14.0. The monoisotopic (exact) mass is 544 g/mol. The summed E-state index contributed by atoms with van der Waals surface area (Å²) in [5.41, 5.74) is 4.62. The van der Waals surface area contributed by atoms with Crippen molar-refractivity contribution in [2.75, 3.05) is 18.6 Å². The van der Waals surface area contributed by atoms with E-state index in [4.69, 9.17) is 9.72 Å². The van der Waals surface area contributed by atoms with Crippen molar-refractivity contribution in [3.05, 3.63) is 60.0 Å². The minimum Gasteiger partial charge on any atom is -0.496 e. The highest BCUT2D eigenvalue weighted by Crippen LogP contribution is 2.38. The van der Waals surface area contributed by atoms with Gasteiger partial charge in [-0.05, 0) is 119 Å². The Balaban J connectivity index is 1.33. The number of anilines is 1. The molecule has 0 unspecified atom stereocenters. The molecule has 5 rings (SSSR count). The molecule has 40 heavy (non-hydrogen) atoms. The first-order valence-electron chi connectivity index (χ1n) is 15.0. The van der Waals surface area contributed by atoms with Crippen LogP contribution in [0.5, 0.6) is 5.75 Å². The Morgan fingerprint density at radius 3 is 2.45 bits per heavy atom. The summed E-state index contributed by atoms with van der Waals surface area (Å²) in [5, 5.41) is 14.5. The van der Waals surface area contributed by atoms with Crippen molar-refractivity contribution in [3.63, 3.8) is 0 Å². The minimum atomic E-state index is -0.284. The van der Waals surface area contributed by atoms with Gasteiger partial charge in [0.25, 0.3) is 0 Å². The molecule has 1 N–H and O–H groups in total. The lowest BCUT2D eigenvalue weighted by Crippen LogP contribution is -2.42. The molecule has 2 aromatic heterocycles. The molecule has 1 amide bonds. The number of hydrogen-bond acceptors (Lipinski definition) is 5. The largest absolute Gasteiger partial charge is 0.496 e. The molecule has 0 saturated heterocycles. The molecule has 2 saturated carbocycles. The number of amides is 1. The van der Waals surface area contributed by atoms with Gasteiger partial charge in [-0.25, -0.2) is 4.98 Å². The summed E-state index contributed by atoms with van der Waals surface area (Å²) in [6.45, 7) is 7.02. The smallest absolute Gasteiger partial charge is 0.231 e. The molecule has 0 atom stereocenters. The fourth-order valence-electron chi connectivity index (χ4n) is 6.45. The topological polar surface area (TPSA) is 80.5 Å². The number of pyridine rings is 1. The van der Waals surface area contributed by atoms with Gasteiger partial charge in [0.1, 0.15) is 11.6 Å². The van der Waals surface area contributed by atoms with Gasteiger partial charge in [0.05, 0.1) is 19.4 Å². The normalized spacial score (nSPS) is 23.2. The van der Waals surface area contributed by atoms with Crippen LogP contribution in [0.2, 0.25) is 0 Å². The Labute approximate surface area is 238 Å². The van der Waals surface area contributed by atoms with Crippen molar-refractivity contribution in [2.45, 2.75) is 90.2 Å². The average molecular weight is 545 g/mol. The minimum absolute atomic E-state index is 0.0591. The molecule has 2 heterocycles. The lowest BCUT2D eigenvalue weighted by atomic mass is 9.78. The van der Waals surface area contributed by atoms with E-state index in [1.807, 2.05) is 34.1 Å². The zero-order valence-electron chi connectivity index (χ0n) is 24.4. The molecule has 0 spiro atoms. The number of benzene rings is 1. The highest BCUT2D eigenvalue weighted by molar-refractivity contribution is 5.94. The molecule has 0 bridgehead atoms. The third-order valence-corrected chi connectivity index (χ3v) is 8.98. The summed E-state index contributed by atoms with van der Waals surface area (Å²) in [6, 6.07) is 10.9. The Hall–Kier alpha value is -3.19. The molecule has 0 radical (unpaired) electrons. The number of rotatable bonds is 8. The first kappa shape index (κ1) is 28.3. The lowest BCUT2D eigenvalue weighted by molar-refractivity contribution is -0.124. The summed E-state index contributed by atoms with van der Waals surface area (Å²) in [4.78, 5) is 20.6. The summed E-state index contributed by atoms with van der Waals surface area (Å²) < 4.78 is 7.41. The van der Waals surface area contributed by atoms with Crippen molar-refractivity contribution in [3.8, 4) is 16.9 Å². The number of aromatic nitrogens is 3. The van der Waals surface area contributed by atoms with E-state index >= 15 is 0 Å². The molecule has 1 aromatic carbocycles. The van der Waals surface area contributed by atoms with Crippen LogP contribution in [0.4, 0.5) is 5.82 Å². The fraction of sp³-hybridized carbons (Fsp3) is 0.545. The molecular weight excluding hydrogens is 500 g/mol. The second-order valence-electron chi connectivity index (χ2n) is 12.1. The van der Waals surface area contributed by atoms with Crippen molar-refractivity contribution in [2.24, 2.45) is 11.8 Å². The van der Waals surface area contributed by atoms with Gasteiger partial charge < -0.3 is 9.84 Å². The highest BCUT2D eigenvalue weighted by Gasteiger charge is 2.33. The summed E-state index contributed by atoms with van der Waals surface area (Å²) in [7, 11) is 1.72. The van der Waals surface area contributed by atoms with Gasteiger partial charge in [-0.2, -0.15) is 5.10 Å². The second kappa shape index (κ2) is 12.5. The molecule has 7 nitrogen and oxygen atoms in total. The van der Waals surface area contributed by atoms with Gasteiger partial charge in [-0.15, -0.1) is 0 Å². The molecule has 2 aliphatic rings. The van der Waals surface area contributed by atoms with Crippen LogP contribution in [0.3, 0.4) is 0 Å². The van der Waals surface area contributed by atoms with E-state index in [0.717, 1.165) is 61.2 Å². The third-order valence-electron chi connectivity index (χ3n) is 8.98. The number of aliphatic hydroxyl groups is 1. The fourth-order valence-corrected chi connectivity index (χ4v) is 6.45. The predicted molar refractivity (Wildman–Crippen MR) is 159 cm³/mol. The Bertz CT molecular complexity index is 1290. The van der Waals surface area contributed by atoms with Crippen LogP contribution in [-0.4, -0.2) is 45.5 Å². The van der Waals surface area contributed by atoms with Crippen LogP contribution in [0.25, 0.3) is 11.1 Å². The summed E-state index contributed by atoms with van der Waals surface area (Å²) >= 11 is 0. The van der Waals surface area contributed by atoms with E-state index in [0.29, 0.717) is 31.2 Å². The Morgan fingerprint density at radius 1 is 1.05 bits per heavy atom. The molecule has 7 heteroatoms. The van der Waals surface area contributed by atoms with Crippen LogP contribution in [0, 0.1) is 18.8 Å². The van der Waals surface area contributed by atoms with Gasteiger partial charge >= 0.3 is 0 Å². The molecule has 214 valence electrons. The molecular formula is C33H44N4O3. The Morgan fingerprint density at radius 2 is 1.80 bits per heavy atom. The first-order chi connectivity index (χ1) is 19.3. The van der Waals surface area contributed by atoms with Crippen molar-refractivity contribution < 1.29 is 14.6 Å². The van der Waals surface area contributed by atoms with E-state index < -0.39 is 0 Å².